The number of amides is 1. The lowest BCUT2D eigenvalue weighted by atomic mass is 9.83. The predicted molar refractivity (Wildman–Crippen MR) is 97.2 cm³/mol. The van der Waals surface area contributed by atoms with Gasteiger partial charge in [-0.1, -0.05) is 37.5 Å². The number of hydrogen-bond donors (Lipinski definition) is 1. The van der Waals surface area contributed by atoms with Gasteiger partial charge in [0, 0.05) is 11.6 Å². The van der Waals surface area contributed by atoms with Crippen LogP contribution in [0.2, 0.25) is 0 Å². The second kappa shape index (κ2) is 9.62. The van der Waals surface area contributed by atoms with Crippen LogP contribution in [0.5, 0.6) is 5.75 Å². The fraction of sp³-hybridized carbons (Fsp3) is 0.450. The summed E-state index contributed by atoms with van der Waals surface area (Å²) in [5.41, 5.74) is -0.0741. The third-order valence-corrected chi connectivity index (χ3v) is 4.26. The SMILES string of the molecule is CCOc1ccccc1/C=C/C(=O)OCC(=O)NC1(C#N)CCCCC1. The van der Waals surface area contributed by atoms with Gasteiger partial charge in [-0.15, -0.1) is 0 Å². The van der Waals surface area contributed by atoms with Gasteiger partial charge in [0.05, 0.1) is 12.7 Å². The number of esters is 1. The Morgan fingerprint density at radius 1 is 1.27 bits per heavy atom. The molecule has 0 spiro atoms. The van der Waals surface area contributed by atoms with Gasteiger partial charge >= 0.3 is 5.97 Å². The summed E-state index contributed by atoms with van der Waals surface area (Å²) in [6.07, 6.45) is 7.01. The van der Waals surface area contributed by atoms with Gasteiger partial charge in [-0.25, -0.2) is 4.79 Å². The van der Waals surface area contributed by atoms with Crippen LogP contribution in [-0.2, 0) is 14.3 Å². The maximum Gasteiger partial charge on any atom is 0.331 e. The molecule has 1 aromatic carbocycles. The van der Waals surface area contributed by atoms with Gasteiger partial charge < -0.3 is 14.8 Å². The quantitative estimate of drug-likeness (QED) is 0.599. The summed E-state index contributed by atoms with van der Waals surface area (Å²) in [5.74, 6) is -0.406. The number of carbonyl (C=O) groups is 2. The lowest BCUT2D eigenvalue weighted by molar-refractivity contribution is -0.144. The predicted octanol–water partition coefficient (Wildman–Crippen LogP) is 2.98. The third-order valence-electron chi connectivity index (χ3n) is 4.26. The molecule has 1 saturated carbocycles. The highest BCUT2D eigenvalue weighted by molar-refractivity contribution is 5.89. The molecule has 0 radical (unpaired) electrons. The van der Waals surface area contributed by atoms with E-state index in [1.165, 1.54) is 6.08 Å². The molecule has 0 bridgehead atoms. The van der Waals surface area contributed by atoms with Crippen molar-refractivity contribution < 1.29 is 19.1 Å². The minimum atomic E-state index is -0.825. The normalized spacial score (nSPS) is 15.8. The zero-order chi connectivity index (χ0) is 18.8. The van der Waals surface area contributed by atoms with E-state index in [1.54, 1.807) is 6.08 Å². The maximum absolute atomic E-state index is 12.0. The lowest BCUT2D eigenvalue weighted by Crippen LogP contribution is -2.49. The molecule has 0 heterocycles. The van der Waals surface area contributed by atoms with Gasteiger partial charge in [0.25, 0.3) is 5.91 Å². The van der Waals surface area contributed by atoms with Crippen molar-refractivity contribution in [1.82, 2.24) is 5.32 Å². The highest BCUT2D eigenvalue weighted by Crippen LogP contribution is 2.27. The zero-order valence-corrected chi connectivity index (χ0v) is 15.0. The van der Waals surface area contributed by atoms with Crippen molar-refractivity contribution in [3.63, 3.8) is 0 Å². The van der Waals surface area contributed by atoms with E-state index in [4.69, 9.17) is 9.47 Å². The summed E-state index contributed by atoms with van der Waals surface area (Å²) >= 11 is 0. The summed E-state index contributed by atoms with van der Waals surface area (Å²) in [6, 6.07) is 9.52. The topological polar surface area (TPSA) is 88.4 Å². The Morgan fingerprint density at radius 3 is 2.69 bits per heavy atom. The number of nitriles is 1. The van der Waals surface area contributed by atoms with E-state index < -0.39 is 24.0 Å². The summed E-state index contributed by atoms with van der Waals surface area (Å²) < 4.78 is 10.4. The summed E-state index contributed by atoms with van der Waals surface area (Å²) in [4.78, 5) is 23.8. The van der Waals surface area contributed by atoms with Crippen molar-refractivity contribution >= 4 is 18.0 Å². The van der Waals surface area contributed by atoms with Gasteiger partial charge in [-0.2, -0.15) is 5.26 Å². The smallest absolute Gasteiger partial charge is 0.331 e. The first-order valence-electron chi connectivity index (χ1n) is 8.87. The van der Waals surface area contributed by atoms with E-state index in [0.29, 0.717) is 25.2 Å². The van der Waals surface area contributed by atoms with Gasteiger partial charge in [0.15, 0.2) is 6.61 Å². The molecule has 0 saturated heterocycles. The van der Waals surface area contributed by atoms with Crippen LogP contribution in [0.25, 0.3) is 6.08 Å². The van der Waals surface area contributed by atoms with Crippen LogP contribution in [0.3, 0.4) is 0 Å². The van der Waals surface area contributed by atoms with E-state index >= 15 is 0 Å². The largest absolute Gasteiger partial charge is 0.493 e. The van der Waals surface area contributed by atoms with Crippen molar-refractivity contribution in [3.05, 3.63) is 35.9 Å². The Kier molecular flexibility index (Phi) is 7.22. The van der Waals surface area contributed by atoms with Crippen molar-refractivity contribution in [2.45, 2.75) is 44.6 Å². The van der Waals surface area contributed by atoms with E-state index in [2.05, 4.69) is 11.4 Å². The molecule has 0 atom stereocenters. The van der Waals surface area contributed by atoms with E-state index in [0.717, 1.165) is 24.8 Å². The summed E-state index contributed by atoms with van der Waals surface area (Å²) in [7, 11) is 0. The Balaban J connectivity index is 1.85. The minimum absolute atomic E-state index is 0.403. The third kappa shape index (κ3) is 5.62. The molecule has 0 aliphatic heterocycles. The second-order valence-corrected chi connectivity index (χ2v) is 6.21. The van der Waals surface area contributed by atoms with Crippen LogP contribution in [0.1, 0.15) is 44.6 Å². The average molecular weight is 356 g/mol. The lowest BCUT2D eigenvalue weighted by Gasteiger charge is -2.31. The number of hydrogen-bond acceptors (Lipinski definition) is 5. The first kappa shape index (κ1) is 19.5. The first-order valence-corrected chi connectivity index (χ1v) is 8.87. The first-order chi connectivity index (χ1) is 12.6. The van der Waals surface area contributed by atoms with Crippen molar-refractivity contribution in [2.75, 3.05) is 13.2 Å². The molecule has 6 nitrogen and oxygen atoms in total. The average Bonchev–Trinajstić information content (AvgIpc) is 2.66. The highest BCUT2D eigenvalue weighted by Gasteiger charge is 2.33. The van der Waals surface area contributed by atoms with Gasteiger partial charge in [0.1, 0.15) is 11.3 Å². The van der Waals surface area contributed by atoms with Gasteiger partial charge in [-0.3, -0.25) is 4.79 Å². The number of nitrogens with one attached hydrogen (secondary N) is 1. The Bertz CT molecular complexity index is 700. The number of benzene rings is 1. The molecule has 0 aromatic heterocycles. The van der Waals surface area contributed by atoms with Crippen LogP contribution in [0.15, 0.2) is 30.3 Å². The van der Waals surface area contributed by atoms with Gasteiger partial charge in [-0.05, 0) is 31.9 Å². The van der Waals surface area contributed by atoms with Crippen LogP contribution in [0.4, 0.5) is 0 Å². The summed E-state index contributed by atoms with van der Waals surface area (Å²) in [5, 5.41) is 12.1. The number of ether oxygens (including phenoxy) is 2. The molecule has 1 aliphatic rings. The number of para-hydroxylation sites is 1. The van der Waals surface area contributed by atoms with E-state index in [1.807, 2.05) is 31.2 Å². The molecule has 138 valence electrons. The van der Waals surface area contributed by atoms with E-state index in [-0.39, 0.29) is 0 Å². The fourth-order valence-electron chi connectivity index (χ4n) is 2.97. The van der Waals surface area contributed by atoms with Crippen molar-refractivity contribution in [3.8, 4) is 11.8 Å². The van der Waals surface area contributed by atoms with Crippen LogP contribution in [-0.4, -0.2) is 30.6 Å². The van der Waals surface area contributed by atoms with Gasteiger partial charge in [0.2, 0.25) is 0 Å². The van der Waals surface area contributed by atoms with Crippen molar-refractivity contribution in [1.29, 1.82) is 5.26 Å². The maximum atomic E-state index is 12.0. The monoisotopic (exact) mass is 356 g/mol. The molecule has 1 aliphatic carbocycles. The Hall–Kier alpha value is -2.81. The molecular weight excluding hydrogens is 332 g/mol. The number of carbonyl (C=O) groups excluding carboxylic acids is 2. The second-order valence-electron chi connectivity index (χ2n) is 6.21. The molecule has 1 amide bonds. The molecule has 0 unspecified atom stereocenters. The van der Waals surface area contributed by atoms with Crippen LogP contribution in [0, 0.1) is 11.3 Å². The molecule has 2 rings (SSSR count). The minimum Gasteiger partial charge on any atom is -0.493 e. The highest BCUT2D eigenvalue weighted by atomic mass is 16.5. The molecule has 1 N–H and O–H groups in total. The molecule has 1 fully saturated rings. The Labute approximate surface area is 153 Å². The number of rotatable bonds is 7. The number of nitrogens with zero attached hydrogens (tertiary/aromatic N) is 1. The molecule has 1 aromatic rings. The molecular formula is C20H24N2O4. The standard InChI is InChI=1S/C20H24N2O4/c1-2-25-17-9-5-4-8-16(17)10-11-19(24)26-14-18(23)22-20(15-21)12-6-3-7-13-20/h4-5,8-11H,2-3,6-7,12-14H2,1H3,(H,22,23)/b11-10+. The fourth-order valence-corrected chi connectivity index (χ4v) is 2.97. The van der Waals surface area contributed by atoms with Crippen molar-refractivity contribution in [2.24, 2.45) is 0 Å². The Morgan fingerprint density at radius 2 is 2.00 bits per heavy atom. The van der Waals surface area contributed by atoms with Crippen LogP contribution >= 0.6 is 0 Å². The molecule has 26 heavy (non-hydrogen) atoms. The van der Waals surface area contributed by atoms with E-state index in [9.17, 15) is 14.9 Å². The molecule has 6 heteroatoms. The van der Waals surface area contributed by atoms with Crippen LogP contribution < -0.4 is 10.1 Å². The summed E-state index contributed by atoms with van der Waals surface area (Å²) in [6.45, 7) is 2.00. The zero-order valence-electron chi connectivity index (χ0n) is 15.0.